The van der Waals surface area contributed by atoms with Crippen LogP contribution in [0.25, 0.3) is 0 Å². The van der Waals surface area contributed by atoms with Gasteiger partial charge in [-0.2, -0.15) is 0 Å². The molecule has 0 radical (unpaired) electrons. The Morgan fingerprint density at radius 1 is 1.06 bits per heavy atom. The van der Waals surface area contributed by atoms with Crippen LogP contribution in [0.5, 0.6) is 0 Å². The van der Waals surface area contributed by atoms with Crippen LogP contribution in [-0.2, 0) is 0 Å². The first-order chi connectivity index (χ1) is 7.11. The molecule has 1 heterocycles. The minimum atomic E-state index is -4.94. The first-order valence-corrected chi connectivity index (χ1v) is 6.04. The first kappa shape index (κ1) is 15.3. The summed E-state index contributed by atoms with van der Waals surface area (Å²) in [6, 6.07) is 1.13. The summed E-state index contributed by atoms with van der Waals surface area (Å²) in [5, 5.41) is 0. The first-order valence-electron chi connectivity index (χ1n) is 4.81. The molecule has 16 heavy (non-hydrogen) atoms. The Balaban J connectivity index is 0.000000385. The highest BCUT2D eigenvalue weighted by molar-refractivity contribution is 4.70. The quantitative estimate of drug-likeness (QED) is 0.530. The average molecular weight is 253 g/mol. The van der Waals surface area contributed by atoms with E-state index in [0.29, 0.717) is 12.1 Å². The van der Waals surface area contributed by atoms with Crippen molar-refractivity contribution >= 4 is 0 Å². The normalized spacial score (nSPS) is 11.6. The number of hydrogen-bond donors (Lipinski definition) is 0. The Labute approximate surface area is 97.1 Å². The Kier molecular flexibility index (Phi) is 5.91. The van der Waals surface area contributed by atoms with E-state index in [1.165, 1.54) is 0 Å². The molecule has 0 spiro atoms. The van der Waals surface area contributed by atoms with Crippen LogP contribution in [0, 0.1) is 10.2 Å². The molecule has 1 rings (SSSR count). The zero-order valence-corrected chi connectivity index (χ0v) is 10.5. The number of aromatic nitrogens is 2. The molecule has 94 valence electrons. The smallest absolute Gasteiger partial charge is 0.235 e. The predicted octanol–water partition coefficient (Wildman–Crippen LogP) is -2.82. The number of halogens is 1. The molecule has 0 fully saturated rings. The van der Waals surface area contributed by atoms with E-state index in [-0.39, 0.29) is 0 Å². The molecule has 7 heteroatoms. The van der Waals surface area contributed by atoms with Crippen molar-refractivity contribution in [2.45, 2.75) is 39.8 Å². The van der Waals surface area contributed by atoms with Gasteiger partial charge in [-0.3, -0.25) is 0 Å². The van der Waals surface area contributed by atoms with Gasteiger partial charge in [0.15, 0.2) is 0 Å². The molecule has 0 N–H and O–H groups in total. The second-order valence-corrected chi connectivity index (χ2v) is 4.63. The van der Waals surface area contributed by atoms with Crippen LogP contribution in [-0.4, -0.2) is 4.57 Å². The zero-order chi connectivity index (χ0) is 12.9. The molecule has 6 nitrogen and oxygen atoms in total. The van der Waals surface area contributed by atoms with Gasteiger partial charge >= 0.3 is 0 Å². The van der Waals surface area contributed by atoms with Gasteiger partial charge in [0.1, 0.15) is 12.4 Å². The molecule has 0 aliphatic carbocycles. The van der Waals surface area contributed by atoms with Gasteiger partial charge in [0, 0.05) is 0 Å². The third-order valence-electron chi connectivity index (χ3n) is 1.87. The fourth-order valence-electron chi connectivity index (χ4n) is 0.996. The van der Waals surface area contributed by atoms with Crippen molar-refractivity contribution in [3.05, 3.63) is 18.7 Å². The van der Waals surface area contributed by atoms with Crippen LogP contribution in [0.4, 0.5) is 0 Å². The van der Waals surface area contributed by atoms with Crippen molar-refractivity contribution in [3.63, 3.8) is 0 Å². The molecule has 0 amide bonds. The van der Waals surface area contributed by atoms with Crippen LogP contribution >= 0.6 is 0 Å². The Bertz CT molecular complexity index is 278. The van der Waals surface area contributed by atoms with Gasteiger partial charge in [0.2, 0.25) is 6.33 Å². The molecular formula is C9H17ClN2O4. The minimum Gasteiger partial charge on any atom is -0.235 e. The summed E-state index contributed by atoms with van der Waals surface area (Å²) >= 11 is 0. The topological polar surface area (TPSA) is 101 Å². The van der Waals surface area contributed by atoms with E-state index in [9.17, 15) is 0 Å². The second kappa shape index (κ2) is 6.17. The van der Waals surface area contributed by atoms with Crippen LogP contribution in [0.2, 0.25) is 0 Å². The standard InChI is InChI=1S/C9H17N2.ClHO4/c1-8(2)10-5-6-11(7-10)9(3)4;2-1(3,4)5/h5-9H,1-4H3;(H,2,3,4,5)/q+1;/p-1. The number of nitrogens with zero attached hydrogens (tertiary/aromatic N) is 2. The molecule has 0 saturated heterocycles. The van der Waals surface area contributed by atoms with Gasteiger partial charge in [0.05, 0.1) is 12.1 Å². The third-order valence-corrected chi connectivity index (χ3v) is 1.87. The van der Waals surface area contributed by atoms with Gasteiger partial charge in [-0.15, -0.1) is 10.2 Å². The summed E-state index contributed by atoms with van der Waals surface area (Å²) in [7, 11) is -4.94. The molecular weight excluding hydrogens is 236 g/mol. The summed E-state index contributed by atoms with van der Waals surface area (Å²) < 4.78 is 38.4. The average Bonchev–Trinajstić information content (AvgIpc) is 2.47. The summed E-state index contributed by atoms with van der Waals surface area (Å²) in [4.78, 5) is 0. The van der Waals surface area contributed by atoms with Gasteiger partial charge in [0.25, 0.3) is 0 Å². The van der Waals surface area contributed by atoms with Crippen LogP contribution in [0.1, 0.15) is 39.8 Å². The van der Waals surface area contributed by atoms with E-state index in [2.05, 4.69) is 55.6 Å². The van der Waals surface area contributed by atoms with E-state index in [1.54, 1.807) is 0 Å². The van der Waals surface area contributed by atoms with E-state index in [4.69, 9.17) is 18.6 Å². The number of imidazole rings is 1. The lowest BCUT2D eigenvalue weighted by Gasteiger charge is -2.17. The monoisotopic (exact) mass is 252 g/mol. The summed E-state index contributed by atoms with van der Waals surface area (Å²) in [6.07, 6.45) is 6.38. The molecule has 0 aromatic carbocycles. The number of rotatable bonds is 2. The Morgan fingerprint density at radius 2 is 1.50 bits per heavy atom. The maximum absolute atomic E-state index is 8.49. The molecule has 0 atom stereocenters. The summed E-state index contributed by atoms with van der Waals surface area (Å²) in [5.74, 6) is 0. The number of hydrogen-bond acceptors (Lipinski definition) is 4. The molecule has 0 saturated carbocycles. The second-order valence-electron chi connectivity index (χ2n) is 3.87. The van der Waals surface area contributed by atoms with Crippen molar-refractivity contribution in [2.24, 2.45) is 0 Å². The third kappa shape index (κ3) is 7.61. The van der Waals surface area contributed by atoms with Crippen molar-refractivity contribution in [1.29, 1.82) is 0 Å². The highest BCUT2D eigenvalue weighted by Gasteiger charge is 2.08. The van der Waals surface area contributed by atoms with Gasteiger partial charge < -0.3 is 0 Å². The minimum absolute atomic E-state index is 0.565. The van der Waals surface area contributed by atoms with Crippen molar-refractivity contribution in [2.75, 3.05) is 0 Å². The fraction of sp³-hybridized carbons (Fsp3) is 0.667. The molecule has 0 bridgehead atoms. The SMILES string of the molecule is CC(C)n1cc[n+](C(C)C)c1.[O-][Cl+3]([O-])([O-])[O-]. The lowest BCUT2D eigenvalue weighted by Crippen LogP contribution is -2.68. The fourth-order valence-corrected chi connectivity index (χ4v) is 0.996. The van der Waals surface area contributed by atoms with E-state index >= 15 is 0 Å². The van der Waals surface area contributed by atoms with Crippen molar-refractivity contribution in [3.8, 4) is 0 Å². The highest BCUT2D eigenvalue weighted by Crippen LogP contribution is 2.01. The zero-order valence-electron chi connectivity index (χ0n) is 9.79. The highest BCUT2D eigenvalue weighted by atomic mass is 35.7. The maximum Gasteiger partial charge on any atom is 0.244 e. The van der Waals surface area contributed by atoms with E-state index < -0.39 is 10.2 Å². The van der Waals surface area contributed by atoms with Crippen molar-refractivity contribution in [1.82, 2.24) is 4.57 Å². The van der Waals surface area contributed by atoms with Crippen LogP contribution < -0.4 is 23.2 Å². The maximum atomic E-state index is 8.49. The summed E-state index contributed by atoms with van der Waals surface area (Å²) in [6.45, 7) is 8.74. The van der Waals surface area contributed by atoms with Gasteiger partial charge in [-0.05, 0) is 27.7 Å². The predicted molar refractivity (Wildman–Crippen MR) is 45.4 cm³/mol. The molecule has 1 aromatic rings. The Morgan fingerprint density at radius 3 is 1.69 bits per heavy atom. The molecule has 0 aliphatic heterocycles. The lowest BCUT2D eigenvalue weighted by atomic mass is 10.4. The largest absolute Gasteiger partial charge is 0.244 e. The van der Waals surface area contributed by atoms with Gasteiger partial charge in [-0.25, -0.2) is 27.8 Å². The van der Waals surface area contributed by atoms with Crippen LogP contribution in [0.15, 0.2) is 18.7 Å². The molecule has 0 unspecified atom stereocenters. The van der Waals surface area contributed by atoms with E-state index in [0.717, 1.165) is 0 Å². The van der Waals surface area contributed by atoms with E-state index in [1.807, 2.05) is 0 Å². The van der Waals surface area contributed by atoms with Crippen molar-refractivity contribution < 1.29 is 33.4 Å². The Hall–Kier alpha value is -0.660. The molecule has 1 aromatic heterocycles. The van der Waals surface area contributed by atoms with Gasteiger partial charge in [-0.1, -0.05) is 0 Å². The van der Waals surface area contributed by atoms with Crippen LogP contribution in [0.3, 0.4) is 0 Å². The molecule has 0 aliphatic rings. The summed E-state index contributed by atoms with van der Waals surface area (Å²) in [5.41, 5.74) is 0. The lowest BCUT2D eigenvalue weighted by molar-refractivity contribution is -2.00.